The fourth-order valence-corrected chi connectivity index (χ4v) is 2.50. The van der Waals surface area contributed by atoms with E-state index >= 15 is 0 Å². The van der Waals surface area contributed by atoms with Gasteiger partial charge < -0.3 is 30.8 Å². The number of aliphatic hydroxyl groups excluding tert-OH is 2. The van der Waals surface area contributed by atoms with Crippen LogP contribution >= 0.6 is 0 Å². The molecule has 9 heteroatoms. The highest BCUT2D eigenvalue weighted by Gasteiger charge is 2.53. The molecular formula is C13H18N5O4+. The average Bonchev–Trinajstić information content (AvgIpc) is 3.00. The Balaban J connectivity index is 2.44. The number of H-pyrrole nitrogens is 1. The van der Waals surface area contributed by atoms with Crippen LogP contribution in [0.3, 0.4) is 0 Å². The Labute approximate surface area is 126 Å². The van der Waals surface area contributed by atoms with E-state index < -0.39 is 30.5 Å². The summed E-state index contributed by atoms with van der Waals surface area (Å²) in [7, 11) is 0. The summed E-state index contributed by atoms with van der Waals surface area (Å²) >= 11 is 0. The van der Waals surface area contributed by atoms with Gasteiger partial charge in [-0.15, -0.1) is 0 Å². The molecule has 1 aliphatic rings. The van der Waals surface area contributed by atoms with E-state index in [2.05, 4.69) is 9.98 Å². The first-order valence-electron chi connectivity index (χ1n) is 6.53. The first-order valence-corrected chi connectivity index (χ1v) is 6.53. The molecule has 0 saturated carbocycles. The third kappa shape index (κ3) is 2.49. The number of nitrogens with zero attached hydrogens (tertiary/aromatic N) is 2. The standard InChI is InChI=1S/C13H17N5O4/c1-13(21)10(20)8(4-19)22-11(13)7-2-6(3-14)9(18-7)12(16)17-5-15/h2,5,8,10-11,18-21H,4H2,1H3,(H3,15,16,17)/p+1/t8?,10-,11+,13-/m1/s1. The van der Waals surface area contributed by atoms with Crippen LogP contribution in [-0.2, 0) is 4.74 Å². The first-order chi connectivity index (χ1) is 10.4. The summed E-state index contributed by atoms with van der Waals surface area (Å²) in [6, 6.07) is 3.39. The molecule has 0 bridgehead atoms. The average molecular weight is 308 g/mol. The number of hydrogen-bond acceptors (Lipinski definition) is 5. The number of amidine groups is 1. The van der Waals surface area contributed by atoms with Crippen LogP contribution in [0.2, 0.25) is 0 Å². The van der Waals surface area contributed by atoms with Crippen LogP contribution < -0.4 is 11.1 Å². The summed E-state index contributed by atoms with van der Waals surface area (Å²) in [6.07, 6.45) is -2.18. The van der Waals surface area contributed by atoms with E-state index in [1.165, 1.54) is 13.0 Å². The van der Waals surface area contributed by atoms with Crippen LogP contribution in [0.5, 0.6) is 0 Å². The largest absolute Gasteiger partial charge is 0.394 e. The quantitative estimate of drug-likeness (QED) is 0.254. The lowest BCUT2D eigenvalue weighted by Crippen LogP contribution is -2.43. The van der Waals surface area contributed by atoms with Gasteiger partial charge in [-0.25, -0.2) is 0 Å². The number of aliphatic imine (C=N–C) groups is 1. The molecule has 1 fully saturated rings. The van der Waals surface area contributed by atoms with E-state index in [-0.39, 0.29) is 17.1 Å². The normalized spacial score (nSPS) is 32.0. The third-order valence-electron chi connectivity index (χ3n) is 3.68. The van der Waals surface area contributed by atoms with Crippen molar-refractivity contribution >= 4 is 12.2 Å². The van der Waals surface area contributed by atoms with Crippen molar-refractivity contribution < 1.29 is 25.5 Å². The number of rotatable bonds is 4. The van der Waals surface area contributed by atoms with Crippen molar-refractivity contribution in [2.24, 2.45) is 10.7 Å². The third-order valence-corrected chi connectivity index (χ3v) is 3.68. The highest BCUT2D eigenvalue weighted by atomic mass is 16.6. The molecule has 1 aliphatic heterocycles. The van der Waals surface area contributed by atoms with Gasteiger partial charge in [0.1, 0.15) is 35.7 Å². The fraction of sp³-hybridized carbons (Fsp3) is 0.462. The van der Waals surface area contributed by atoms with Gasteiger partial charge in [-0.3, -0.25) is 5.41 Å². The van der Waals surface area contributed by atoms with Crippen molar-refractivity contribution in [2.75, 3.05) is 6.61 Å². The second kappa shape index (κ2) is 5.86. The molecule has 9 nitrogen and oxygen atoms in total. The highest BCUT2D eigenvalue weighted by Crippen LogP contribution is 2.41. The number of ether oxygens (including phenoxy) is 1. The number of nitriles is 1. The van der Waals surface area contributed by atoms with E-state index in [0.29, 0.717) is 5.69 Å². The minimum absolute atomic E-state index is 0.00203. The van der Waals surface area contributed by atoms with Crippen LogP contribution in [0.25, 0.3) is 0 Å². The van der Waals surface area contributed by atoms with Crippen molar-refractivity contribution in [3.05, 3.63) is 23.0 Å². The molecule has 1 unspecified atom stereocenters. The van der Waals surface area contributed by atoms with E-state index in [0.717, 1.165) is 6.34 Å². The van der Waals surface area contributed by atoms with E-state index in [9.17, 15) is 15.3 Å². The summed E-state index contributed by atoms with van der Waals surface area (Å²) in [5, 5.41) is 43.9. The topological polar surface area (TPSA) is 173 Å². The zero-order chi connectivity index (χ0) is 16.5. The van der Waals surface area contributed by atoms with Crippen molar-refractivity contribution in [2.45, 2.75) is 30.8 Å². The number of nitrogens with one attached hydrogen (secondary N) is 1. The lowest BCUT2D eigenvalue weighted by molar-refractivity contribution is -0.106. The van der Waals surface area contributed by atoms with Crippen LogP contribution in [0, 0.1) is 11.3 Å². The monoisotopic (exact) mass is 308 g/mol. The second-order valence-electron chi connectivity index (χ2n) is 5.20. The summed E-state index contributed by atoms with van der Waals surface area (Å²) in [5.41, 5.74) is 4.83. The number of aromatic nitrogens is 1. The van der Waals surface area contributed by atoms with Gasteiger partial charge in [-0.05, 0) is 18.0 Å². The van der Waals surface area contributed by atoms with Crippen LogP contribution in [-0.4, -0.2) is 56.9 Å². The molecule has 0 aliphatic carbocycles. The zero-order valence-electron chi connectivity index (χ0n) is 11.9. The molecular weight excluding hydrogens is 290 g/mol. The predicted octanol–water partition coefficient (Wildman–Crippen LogP) is -3.08. The molecule has 1 aromatic heterocycles. The molecule has 1 saturated heterocycles. The Morgan fingerprint density at radius 1 is 1.73 bits per heavy atom. The molecule has 8 N–H and O–H groups in total. The lowest BCUT2D eigenvalue weighted by Gasteiger charge is -2.25. The number of nitrogens with two attached hydrogens (primary N) is 2. The van der Waals surface area contributed by atoms with E-state index in [1.54, 1.807) is 0 Å². The Hall–Kier alpha value is -2.25. The molecule has 0 spiro atoms. The Bertz CT molecular complexity index is 645. The van der Waals surface area contributed by atoms with Gasteiger partial charge in [0.15, 0.2) is 0 Å². The van der Waals surface area contributed by atoms with Crippen molar-refractivity contribution in [1.82, 2.24) is 4.98 Å². The molecule has 0 radical (unpaired) electrons. The minimum Gasteiger partial charge on any atom is -0.394 e. The van der Waals surface area contributed by atoms with Gasteiger partial charge in [0.2, 0.25) is 0 Å². The maximum atomic E-state index is 10.4. The van der Waals surface area contributed by atoms with E-state index in [4.69, 9.17) is 21.1 Å². The molecule has 22 heavy (non-hydrogen) atoms. The van der Waals surface area contributed by atoms with Crippen molar-refractivity contribution in [3.8, 4) is 6.07 Å². The lowest BCUT2D eigenvalue weighted by atomic mass is 9.91. The van der Waals surface area contributed by atoms with Gasteiger partial charge in [-0.1, -0.05) is 0 Å². The second-order valence-corrected chi connectivity index (χ2v) is 5.20. The maximum absolute atomic E-state index is 10.4. The van der Waals surface area contributed by atoms with Crippen molar-refractivity contribution in [1.29, 1.82) is 5.26 Å². The summed E-state index contributed by atoms with van der Waals surface area (Å²) < 4.78 is 5.47. The zero-order valence-corrected chi connectivity index (χ0v) is 11.9. The van der Waals surface area contributed by atoms with Crippen LogP contribution in [0.15, 0.2) is 11.1 Å². The first kappa shape index (κ1) is 16.1. The number of aromatic amines is 1. The van der Waals surface area contributed by atoms with Gasteiger partial charge in [-0.2, -0.15) is 5.26 Å². The fourth-order valence-electron chi connectivity index (χ4n) is 2.50. The summed E-state index contributed by atoms with van der Waals surface area (Å²) in [6.45, 7) is 0.938. The Morgan fingerprint density at radius 2 is 2.41 bits per heavy atom. The summed E-state index contributed by atoms with van der Waals surface area (Å²) in [5.74, 6) is 0.00203. The molecule has 118 valence electrons. The van der Waals surface area contributed by atoms with Gasteiger partial charge >= 0.3 is 0 Å². The smallest absolute Gasteiger partial charge is 0.280 e. The highest BCUT2D eigenvalue weighted by molar-refractivity contribution is 6.01. The van der Waals surface area contributed by atoms with Crippen LogP contribution in [0.1, 0.15) is 30.0 Å². The van der Waals surface area contributed by atoms with Gasteiger partial charge in [0, 0.05) is 5.69 Å². The SMILES string of the molecule is C[C@@]1(O)[C@H](O)C(CO)O[C@H]1c1cc(C#N)c(C(N)=NC=[NH2+])[nH]1. The number of aliphatic hydroxyl groups is 3. The minimum atomic E-state index is -1.64. The predicted molar refractivity (Wildman–Crippen MR) is 75.6 cm³/mol. The Kier molecular flexibility index (Phi) is 4.30. The number of hydrogen-bond donors (Lipinski definition) is 6. The molecule has 4 atom stereocenters. The summed E-state index contributed by atoms with van der Waals surface area (Å²) in [4.78, 5) is 6.55. The van der Waals surface area contributed by atoms with Gasteiger partial charge in [0.25, 0.3) is 12.2 Å². The molecule has 1 aromatic rings. The molecule has 2 heterocycles. The molecule has 0 amide bonds. The van der Waals surface area contributed by atoms with Crippen molar-refractivity contribution in [3.63, 3.8) is 0 Å². The maximum Gasteiger partial charge on any atom is 0.280 e. The Morgan fingerprint density at radius 3 is 2.91 bits per heavy atom. The molecule has 2 rings (SSSR count). The van der Waals surface area contributed by atoms with E-state index in [1.807, 2.05) is 6.07 Å². The molecule has 0 aromatic carbocycles. The van der Waals surface area contributed by atoms with Gasteiger partial charge in [0.05, 0.1) is 12.2 Å². The van der Waals surface area contributed by atoms with Crippen LogP contribution in [0.4, 0.5) is 0 Å².